The number of imidazole rings is 2. The molecule has 204 valence electrons. The van der Waals surface area contributed by atoms with E-state index in [1.165, 1.54) is 17.2 Å². The Labute approximate surface area is 240 Å². The highest BCUT2D eigenvalue weighted by molar-refractivity contribution is 5.65. The molecular formula is C31H30N10. The average molecular weight is 543 g/mol. The number of nitriles is 2. The number of hydrogen-bond acceptors (Lipinski definition) is 6. The molecule has 4 rings (SSSR count). The van der Waals surface area contributed by atoms with Crippen LogP contribution < -0.4 is 0 Å². The van der Waals surface area contributed by atoms with E-state index in [0.717, 1.165) is 11.1 Å². The van der Waals surface area contributed by atoms with Crippen LogP contribution >= 0.6 is 0 Å². The van der Waals surface area contributed by atoms with Crippen LogP contribution in [0.1, 0.15) is 89.3 Å². The van der Waals surface area contributed by atoms with Gasteiger partial charge < -0.3 is 9.69 Å². The Morgan fingerprint density at radius 2 is 1.22 bits per heavy atom. The summed E-state index contributed by atoms with van der Waals surface area (Å²) in [5.74, 6) is 1.10. The molecule has 0 aliphatic carbocycles. The van der Waals surface area contributed by atoms with Crippen molar-refractivity contribution in [2.45, 2.75) is 71.6 Å². The van der Waals surface area contributed by atoms with E-state index in [0.29, 0.717) is 23.0 Å². The zero-order valence-corrected chi connectivity index (χ0v) is 24.4. The van der Waals surface area contributed by atoms with Gasteiger partial charge in [-0.05, 0) is 54.0 Å². The van der Waals surface area contributed by atoms with Crippen LogP contribution in [0.15, 0.2) is 36.9 Å². The maximum absolute atomic E-state index is 9.78. The summed E-state index contributed by atoms with van der Waals surface area (Å²) in [6.07, 6.45) is 2.90. The van der Waals surface area contributed by atoms with Crippen molar-refractivity contribution in [2.24, 2.45) is 0 Å². The van der Waals surface area contributed by atoms with Crippen molar-refractivity contribution < 1.29 is 0 Å². The van der Waals surface area contributed by atoms with Gasteiger partial charge in [0, 0.05) is 11.5 Å². The first kappa shape index (κ1) is 28.7. The zero-order valence-electron chi connectivity index (χ0n) is 24.4. The molecule has 0 aliphatic rings. The molecule has 4 heterocycles. The number of pyridine rings is 2. The molecule has 0 saturated heterocycles. The van der Waals surface area contributed by atoms with Crippen LogP contribution in [0.25, 0.3) is 21.3 Å². The Hall–Kier alpha value is -5.32. The normalized spacial score (nSPS) is 11.8. The van der Waals surface area contributed by atoms with Gasteiger partial charge in [0.1, 0.15) is 24.3 Å². The minimum absolute atomic E-state index is 0.0262. The van der Waals surface area contributed by atoms with Crippen LogP contribution in [0, 0.1) is 35.8 Å². The van der Waals surface area contributed by atoms with Crippen LogP contribution in [0.4, 0.5) is 11.6 Å². The molecule has 0 unspecified atom stereocenters. The highest BCUT2D eigenvalue weighted by atomic mass is 15.2. The second kappa shape index (κ2) is 10.0. The molecule has 0 radical (unpaired) electrons. The molecule has 0 aliphatic heterocycles. The maximum atomic E-state index is 9.78. The highest BCUT2D eigenvalue weighted by Gasteiger charge is 2.32. The van der Waals surface area contributed by atoms with E-state index in [2.05, 4.69) is 67.3 Å². The molecule has 0 amide bonds. The predicted molar refractivity (Wildman–Crippen MR) is 154 cm³/mol. The van der Waals surface area contributed by atoms with E-state index in [-0.39, 0.29) is 33.9 Å². The lowest BCUT2D eigenvalue weighted by Gasteiger charge is -2.29. The third-order valence-corrected chi connectivity index (χ3v) is 7.04. The van der Waals surface area contributed by atoms with E-state index in [4.69, 9.17) is 23.1 Å². The van der Waals surface area contributed by atoms with Crippen LogP contribution in [-0.4, -0.2) is 29.1 Å². The van der Waals surface area contributed by atoms with Gasteiger partial charge in [0.15, 0.2) is 11.4 Å². The van der Waals surface area contributed by atoms with Gasteiger partial charge in [-0.2, -0.15) is 10.5 Å². The fraction of sp³-hybridized carbons (Fsp3) is 0.355. The molecule has 0 bridgehead atoms. The van der Waals surface area contributed by atoms with E-state index < -0.39 is 5.41 Å². The molecule has 0 N–H and O–H groups in total. The first-order valence-corrected chi connectivity index (χ1v) is 12.9. The van der Waals surface area contributed by atoms with Crippen molar-refractivity contribution in [1.29, 1.82) is 10.5 Å². The Balaban J connectivity index is 2.01. The first-order chi connectivity index (χ1) is 19.1. The quantitative estimate of drug-likeness (QED) is 0.268. The molecule has 41 heavy (non-hydrogen) atoms. The monoisotopic (exact) mass is 542 g/mol. The summed E-state index contributed by atoms with van der Waals surface area (Å²) in [6, 6.07) is 12.0. The molecular weight excluding hydrogens is 512 g/mol. The highest BCUT2D eigenvalue weighted by Crippen LogP contribution is 2.37. The summed E-state index contributed by atoms with van der Waals surface area (Å²) in [4.78, 5) is 25.1. The lowest BCUT2D eigenvalue weighted by Crippen LogP contribution is -2.26. The van der Waals surface area contributed by atoms with E-state index in [1.807, 2.05) is 44.2 Å². The van der Waals surface area contributed by atoms with E-state index in [1.54, 1.807) is 4.57 Å². The second-order valence-corrected chi connectivity index (χ2v) is 12.3. The van der Waals surface area contributed by atoms with Gasteiger partial charge in [0.2, 0.25) is 5.82 Å². The van der Waals surface area contributed by atoms with E-state index >= 15 is 0 Å². The zero-order chi connectivity index (χ0) is 30.3. The van der Waals surface area contributed by atoms with Crippen molar-refractivity contribution in [3.05, 3.63) is 93.7 Å². The first-order valence-electron chi connectivity index (χ1n) is 12.9. The molecule has 0 fully saturated rings. The van der Waals surface area contributed by atoms with Gasteiger partial charge in [-0.15, -0.1) is 0 Å². The molecule has 0 aromatic carbocycles. The van der Waals surface area contributed by atoms with Crippen LogP contribution in [-0.2, 0) is 16.2 Å². The maximum Gasteiger partial charge on any atom is 0.293 e. The summed E-state index contributed by atoms with van der Waals surface area (Å²) >= 11 is 0. The second-order valence-electron chi connectivity index (χ2n) is 12.3. The number of hydrogen-bond donors (Lipinski definition) is 0. The summed E-state index contributed by atoms with van der Waals surface area (Å²) in [5, 5.41) is 19.2. The smallest absolute Gasteiger partial charge is 0.293 e. The summed E-state index contributed by atoms with van der Waals surface area (Å²) in [5.41, 5.74) is 2.31. The van der Waals surface area contributed by atoms with Crippen molar-refractivity contribution in [3.63, 3.8) is 0 Å². The van der Waals surface area contributed by atoms with Crippen molar-refractivity contribution in [2.75, 3.05) is 0 Å². The summed E-state index contributed by atoms with van der Waals surface area (Å²) in [6.45, 7) is 31.7. The Kier molecular flexibility index (Phi) is 7.00. The molecule has 0 spiro atoms. The van der Waals surface area contributed by atoms with Gasteiger partial charge in [0.05, 0.1) is 11.4 Å². The molecule has 10 heteroatoms. The topological polar surface area (TPSA) is 118 Å². The Morgan fingerprint density at radius 3 is 1.66 bits per heavy atom. The average Bonchev–Trinajstić information content (AvgIpc) is 3.55. The lowest BCUT2D eigenvalue weighted by molar-refractivity contribution is 0.554. The number of aromatic nitrogens is 6. The molecule has 0 atom stereocenters. The summed E-state index contributed by atoms with van der Waals surface area (Å²) < 4.78 is 3.09. The third kappa shape index (κ3) is 5.17. The standard InChI is InChI=1S/C31H30N10/c1-29(2,3)19-11-23(38-25(13-19)40-17-36-21(15-32)22(40)16-33)31(7,8)24-12-20(30(4,5)6)14-26(39-24)41-18-37-27(34-9)28(41)35-10/h11-14,17-18H,1-8H3. The molecule has 4 aromatic heterocycles. The molecule has 4 aromatic rings. The largest absolute Gasteiger partial charge is 0.373 e. The summed E-state index contributed by atoms with van der Waals surface area (Å²) in [7, 11) is 0. The Bertz CT molecular complexity index is 1690. The fourth-order valence-corrected chi connectivity index (χ4v) is 4.31. The Morgan fingerprint density at radius 1 is 0.707 bits per heavy atom. The minimum atomic E-state index is -0.737. The van der Waals surface area contributed by atoms with E-state index in [9.17, 15) is 10.5 Å². The van der Waals surface area contributed by atoms with Gasteiger partial charge in [-0.1, -0.05) is 59.7 Å². The lowest BCUT2D eigenvalue weighted by atomic mass is 9.78. The van der Waals surface area contributed by atoms with Crippen LogP contribution in [0.5, 0.6) is 0 Å². The van der Waals surface area contributed by atoms with Crippen LogP contribution in [0.2, 0.25) is 0 Å². The molecule has 10 nitrogen and oxygen atoms in total. The number of nitrogens with zero attached hydrogens (tertiary/aromatic N) is 10. The minimum Gasteiger partial charge on any atom is -0.373 e. The SMILES string of the molecule is [C-]#[N+]c1ncn(-c2cc(C(C)(C)C)cc(C(C)(C)c3cc(C(C)(C)C)cc(-n4cnc(C#N)c4C#N)n3)n2)c1[N+]#[C-]. The van der Waals surface area contributed by atoms with Crippen molar-refractivity contribution in [3.8, 4) is 23.8 Å². The fourth-order valence-electron chi connectivity index (χ4n) is 4.31. The van der Waals surface area contributed by atoms with Gasteiger partial charge in [-0.3, -0.25) is 4.57 Å². The van der Waals surface area contributed by atoms with Crippen molar-refractivity contribution in [1.82, 2.24) is 29.1 Å². The van der Waals surface area contributed by atoms with Gasteiger partial charge in [-0.25, -0.2) is 19.5 Å². The van der Waals surface area contributed by atoms with Crippen LogP contribution in [0.3, 0.4) is 0 Å². The van der Waals surface area contributed by atoms with Crippen molar-refractivity contribution >= 4 is 11.6 Å². The third-order valence-electron chi connectivity index (χ3n) is 7.04. The van der Waals surface area contributed by atoms with Gasteiger partial charge in [0.25, 0.3) is 18.0 Å². The van der Waals surface area contributed by atoms with Gasteiger partial charge >= 0.3 is 0 Å². The molecule has 0 saturated carbocycles. The predicted octanol–water partition coefficient (Wildman–Crippen LogP) is 6.61. The number of rotatable bonds is 4.